The van der Waals surface area contributed by atoms with Crippen molar-refractivity contribution in [1.82, 2.24) is 9.88 Å². The molecule has 1 unspecified atom stereocenters. The van der Waals surface area contributed by atoms with Crippen LogP contribution in [0.3, 0.4) is 0 Å². The first-order valence-electron chi connectivity index (χ1n) is 9.73. The maximum Gasteiger partial charge on any atom is 0.419 e. The molecule has 1 atom stereocenters. The van der Waals surface area contributed by atoms with Crippen molar-refractivity contribution >= 4 is 40.3 Å². The molecule has 168 valence electrons. The Bertz CT molecular complexity index is 1200. The Morgan fingerprint density at radius 3 is 2.66 bits per heavy atom. The van der Waals surface area contributed by atoms with Gasteiger partial charge in [-0.05, 0) is 37.1 Å². The number of amides is 1. The molecule has 0 aliphatic carbocycles. The van der Waals surface area contributed by atoms with Crippen LogP contribution in [-0.2, 0) is 20.9 Å². The van der Waals surface area contributed by atoms with Gasteiger partial charge in [0, 0.05) is 24.1 Å². The van der Waals surface area contributed by atoms with E-state index in [1.165, 1.54) is 22.8 Å². The standard InChI is InChI=1S/C21H20ClN3O7/c1-13(14-4-6-15(22)7-5-14)23-19(26)12-31-20(27)3-2-10-24-17-9-8-16(25(29)30)11-18(17)32-21(24)28/h4-9,11,13H,2-3,10,12H2,1H3,(H,23,26). The molecule has 0 spiro atoms. The number of carbonyl (C=O) groups is 2. The number of nitro groups is 1. The van der Waals surface area contributed by atoms with Crippen LogP contribution in [0.15, 0.2) is 51.7 Å². The van der Waals surface area contributed by atoms with Crippen molar-refractivity contribution in [2.75, 3.05) is 6.61 Å². The number of aromatic nitrogens is 1. The second-order valence-electron chi connectivity index (χ2n) is 7.03. The quantitative estimate of drug-likeness (QED) is 0.293. The molecule has 3 aromatic rings. The minimum atomic E-state index is -0.676. The lowest BCUT2D eigenvalue weighted by molar-refractivity contribution is -0.384. The third kappa shape index (κ3) is 5.73. The first kappa shape index (κ1) is 23.0. The van der Waals surface area contributed by atoms with Crippen LogP contribution in [0.2, 0.25) is 5.02 Å². The smallest absolute Gasteiger partial charge is 0.419 e. The van der Waals surface area contributed by atoms with Gasteiger partial charge in [-0.25, -0.2) is 4.79 Å². The molecule has 0 aliphatic heterocycles. The summed E-state index contributed by atoms with van der Waals surface area (Å²) in [6.07, 6.45) is 0.235. The van der Waals surface area contributed by atoms with E-state index >= 15 is 0 Å². The number of nitro benzene ring substituents is 1. The van der Waals surface area contributed by atoms with Crippen molar-refractivity contribution in [3.8, 4) is 0 Å². The van der Waals surface area contributed by atoms with Gasteiger partial charge in [-0.3, -0.25) is 24.3 Å². The van der Waals surface area contributed by atoms with Crippen molar-refractivity contribution in [2.24, 2.45) is 0 Å². The van der Waals surface area contributed by atoms with Crippen molar-refractivity contribution in [3.63, 3.8) is 0 Å². The number of rotatable bonds is 9. The lowest BCUT2D eigenvalue weighted by Gasteiger charge is -2.14. The first-order chi connectivity index (χ1) is 15.2. The van der Waals surface area contributed by atoms with E-state index in [1.807, 2.05) is 0 Å². The topological polar surface area (TPSA) is 134 Å². The summed E-state index contributed by atoms with van der Waals surface area (Å²) in [7, 11) is 0. The van der Waals surface area contributed by atoms with Gasteiger partial charge in [-0.1, -0.05) is 23.7 Å². The van der Waals surface area contributed by atoms with Gasteiger partial charge >= 0.3 is 11.7 Å². The van der Waals surface area contributed by atoms with E-state index in [-0.39, 0.29) is 36.7 Å². The van der Waals surface area contributed by atoms with Crippen LogP contribution in [0.4, 0.5) is 5.69 Å². The van der Waals surface area contributed by atoms with Crippen molar-refractivity contribution in [3.05, 3.63) is 73.7 Å². The second-order valence-corrected chi connectivity index (χ2v) is 7.47. The fraction of sp³-hybridized carbons (Fsp3) is 0.286. The van der Waals surface area contributed by atoms with E-state index in [0.29, 0.717) is 10.5 Å². The van der Waals surface area contributed by atoms with Gasteiger partial charge in [0.1, 0.15) is 0 Å². The summed E-state index contributed by atoms with van der Waals surface area (Å²) >= 11 is 5.84. The van der Waals surface area contributed by atoms with E-state index in [1.54, 1.807) is 31.2 Å². The number of esters is 1. The third-order valence-electron chi connectivity index (χ3n) is 4.74. The fourth-order valence-corrected chi connectivity index (χ4v) is 3.22. The molecule has 1 aromatic heterocycles. The first-order valence-corrected chi connectivity index (χ1v) is 10.1. The van der Waals surface area contributed by atoms with E-state index in [9.17, 15) is 24.5 Å². The number of carbonyl (C=O) groups excluding carboxylic acids is 2. The Kier molecular flexibility index (Phi) is 7.26. The number of aryl methyl sites for hydroxylation is 1. The molecule has 1 heterocycles. The number of non-ortho nitro benzene ring substituents is 1. The molecule has 1 N–H and O–H groups in total. The predicted molar refractivity (Wildman–Crippen MR) is 115 cm³/mol. The zero-order valence-electron chi connectivity index (χ0n) is 17.1. The summed E-state index contributed by atoms with van der Waals surface area (Å²) in [6.45, 7) is 1.53. The average molecular weight is 462 g/mol. The molecular formula is C21H20ClN3O7. The summed E-state index contributed by atoms with van der Waals surface area (Å²) in [6, 6.07) is 10.6. The molecule has 0 saturated heterocycles. The van der Waals surface area contributed by atoms with Crippen LogP contribution in [-0.4, -0.2) is 28.0 Å². The number of ether oxygens (including phenoxy) is 1. The Morgan fingerprint density at radius 2 is 1.97 bits per heavy atom. The molecule has 11 heteroatoms. The highest BCUT2D eigenvalue weighted by molar-refractivity contribution is 6.30. The van der Waals surface area contributed by atoms with Crippen LogP contribution < -0.4 is 11.1 Å². The highest BCUT2D eigenvalue weighted by Crippen LogP contribution is 2.20. The van der Waals surface area contributed by atoms with Crippen molar-refractivity contribution in [2.45, 2.75) is 32.4 Å². The number of halogens is 1. The normalized spacial score (nSPS) is 11.8. The number of fused-ring (bicyclic) bond motifs is 1. The molecule has 32 heavy (non-hydrogen) atoms. The van der Waals surface area contributed by atoms with Gasteiger partial charge in [-0.15, -0.1) is 0 Å². The van der Waals surface area contributed by atoms with Crippen LogP contribution >= 0.6 is 11.6 Å². The highest BCUT2D eigenvalue weighted by Gasteiger charge is 2.15. The number of oxazole rings is 1. The van der Waals surface area contributed by atoms with E-state index in [0.717, 1.165) is 5.56 Å². The van der Waals surface area contributed by atoms with Gasteiger partial charge in [0.15, 0.2) is 12.2 Å². The zero-order chi connectivity index (χ0) is 23.3. The molecule has 10 nitrogen and oxygen atoms in total. The lowest BCUT2D eigenvalue weighted by Crippen LogP contribution is -2.31. The minimum Gasteiger partial charge on any atom is -0.456 e. The van der Waals surface area contributed by atoms with E-state index in [4.69, 9.17) is 20.8 Å². The van der Waals surface area contributed by atoms with Gasteiger partial charge in [0.05, 0.1) is 22.5 Å². The molecule has 0 fully saturated rings. The summed E-state index contributed by atoms with van der Waals surface area (Å²) in [4.78, 5) is 46.2. The predicted octanol–water partition coefficient (Wildman–Crippen LogP) is 3.36. The molecule has 3 rings (SSSR count). The lowest BCUT2D eigenvalue weighted by atomic mass is 10.1. The molecule has 0 radical (unpaired) electrons. The molecular weight excluding hydrogens is 442 g/mol. The molecule has 0 bridgehead atoms. The number of benzene rings is 2. The van der Waals surface area contributed by atoms with Gasteiger partial charge in [0.2, 0.25) is 0 Å². The Hall–Kier alpha value is -3.66. The molecule has 0 saturated carbocycles. The van der Waals surface area contributed by atoms with E-state index in [2.05, 4.69) is 5.32 Å². The SMILES string of the molecule is CC(NC(=O)COC(=O)CCCn1c(=O)oc2cc([N+](=O)[O-])ccc21)c1ccc(Cl)cc1. The van der Waals surface area contributed by atoms with Crippen LogP contribution in [0, 0.1) is 10.1 Å². The Labute approximate surface area is 186 Å². The summed E-state index contributed by atoms with van der Waals surface area (Å²) in [5.41, 5.74) is 1.16. The molecule has 2 aromatic carbocycles. The highest BCUT2D eigenvalue weighted by atomic mass is 35.5. The van der Waals surface area contributed by atoms with Crippen LogP contribution in [0.1, 0.15) is 31.4 Å². The molecule has 0 aliphatic rings. The monoisotopic (exact) mass is 461 g/mol. The third-order valence-corrected chi connectivity index (χ3v) is 4.99. The van der Waals surface area contributed by atoms with Gasteiger partial charge < -0.3 is 14.5 Å². The number of nitrogens with one attached hydrogen (secondary N) is 1. The zero-order valence-corrected chi connectivity index (χ0v) is 17.8. The number of hydrogen-bond donors (Lipinski definition) is 1. The largest absolute Gasteiger partial charge is 0.456 e. The summed E-state index contributed by atoms with van der Waals surface area (Å²) < 4.78 is 11.3. The van der Waals surface area contributed by atoms with Crippen LogP contribution in [0.25, 0.3) is 11.1 Å². The summed E-state index contributed by atoms with van der Waals surface area (Å²) in [5.74, 6) is -1.71. The second kappa shape index (κ2) is 10.1. The van der Waals surface area contributed by atoms with E-state index < -0.39 is 29.2 Å². The van der Waals surface area contributed by atoms with Crippen molar-refractivity contribution in [1.29, 1.82) is 0 Å². The summed E-state index contributed by atoms with van der Waals surface area (Å²) in [5, 5.41) is 14.1. The maximum atomic E-state index is 12.0. The number of hydrogen-bond acceptors (Lipinski definition) is 7. The molecule has 1 amide bonds. The van der Waals surface area contributed by atoms with Gasteiger partial charge in [0.25, 0.3) is 11.6 Å². The fourth-order valence-electron chi connectivity index (χ4n) is 3.10. The van der Waals surface area contributed by atoms with Gasteiger partial charge in [-0.2, -0.15) is 0 Å². The maximum absolute atomic E-state index is 12.0. The average Bonchev–Trinajstić information content (AvgIpc) is 3.07. The Morgan fingerprint density at radius 1 is 1.25 bits per heavy atom. The van der Waals surface area contributed by atoms with Crippen molar-refractivity contribution < 1.29 is 23.7 Å². The Balaban J connectivity index is 1.45. The number of nitrogens with zero attached hydrogens (tertiary/aromatic N) is 2. The van der Waals surface area contributed by atoms with Crippen LogP contribution in [0.5, 0.6) is 0 Å². The minimum absolute atomic E-state index is 0.0217.